The third kappa shape index (κ3) is 2.48. The summed E-state index contributed by atoms with van der Waals surface area (Å²) in [5.74, 6) is 0.232. The van der Waals surface area contributed by atoms with Crippen molar-refractivity contribution >= 4 is 21.5 Å². The lowest BCUT2D eigenvalue weighted by atomic mass is 10.2. The van der Waals surface area contributed by atoms with Gasteiger partial charge in [-0.1, -0.05) is 6.07 Å². The van der Waals surface area contributed by atoms with Gasteiger partial charge in [-0.15, -0.1) is 0 Å². The molecule has 0 fully saturated rings. The second-order valence-electron chi connectivity index (χ2n) is 4.19. The Balaban J connectivity index is 2.48. The molecule has 2 aromatic rings. The zero-order chi connectivity index (χ0) is 14.9. The van der Waals surface area contributed by atoms with E-state index in [4.69, 9.17) is 0 Å². The highest BCUT2D eigenvalue weighted by molar-refractivity contribution is 7.92. The molecule has 1 heterocycles. The molecule has 2 N–H and O–H groups in total. The van der Waals surface area contributed by atoms with E-state index >= 15 is 0 Å². The first-order valence-electron chi connectivity index (χ1n) is 5.59. The molecule has 1 aromatic carbocycles. The summed E-state index contributed by atoms with van der Waals surface area (Å²) in [6.45, 7) is 3.08. The topological polar surface area (TPSA) is 118 Å². The van der Waals surface area contributed by atoms with Crippen LogP contribution in [0.2, 0.25) is 0 Å². The van der Waals surface area contributed by atoms with E-state index in [1.165, 1.54) is 31.3 Å². The highest BCUT2D eigenvalue weighted by Crippen LogP contribution is 2.26. The summed E-state index contributed by atoms with van der Waals surface area (Å²) in [6.07, 6.45) is 1.47. The average Bonchev–Trinajstić information content (AvgIpc) is 2.74. The first-order chi connectivity index (χ1) is 9.33. The molecule has 0 spiro atoms. The monoisotopic (exact) mass is 296 g/mol. The van der Waals surface area contributed by atoms with Crippen LogP contribution in [0.4, 0.5) is 11.5 Å². The Morgan fingerprint density at radius 1 is 1.35 bits per heavy atom. The predicted molar refractivity (Wildman–Crippen MR) is 72.0 cm³/mol. The number of nitrogens with one attached hydrogen (secondary N) is 2. The number of nitro benzene ring substituents is 1. The quantitative estimate of drug-likeness (QED) is 0.658. The number of rotatable bonds is 4. The van der Waals surface area contributed by atoms with Gasteiger partial charge in [0.2, 0.25) is 0 Å². The zero-order valence-corrected chi connectivity index (χ0v) is 11.6. The Hall–Kier alpha value is -2.42. The molecule has 0 saturated carbocycles. The van der Waals surface area contributed by atoms with Crippen LogP contribution >= 0.6 is 0 Å². The van der Waals surface area contributed by atoms with E-state index in [0.29, 0.717) is 5.56 Å². The van der Waals surface area contributed by atoms with Crippen molar-refractivity contribution in [2.24, 2.45) is 0 Å². The van der Waals surface area contributed by atoms with Gasteiger partial charge in [0.25, 0.3) is 15.7 Å². The molecule has 0 radical (unpaired) electrons. The zero-order valence-electron chi connectivity index (χ0n) is 10.7. The summed E-state index contributed by atoms with van der Waals surface area (Å²) < 4.78 is 26.9. The van der Waals surface area contributed by atoms with Crippen LogP contribution in [0.15, 0.2) is 29.3 Å². The van der Waals surface area contributed by atoms with Crippen LogP contribution in [0, 0.1) is 24.0 Å². The van der Waals surface area contributed by atoms with Gasteiger partial charge < -0.3 is 0 Å². The van der Waals surface area contributed by atoms with Gasteiger partial charge in [-0.05, 0) is 19.9 Å². The molecule has 0 amide bonds. The average molecular weight is 296 g/mol. The Morgan fingerprint density at radius 3 is 2.60 bits per heavy atom. The van der Waals surface area contributed by atoms with Crippen molar-refractivity contribution in [3.8, 4) is 0 Å². The fourth-order valence-electron chi connectivity index (χ4n) is 1.73. The predicted octanol–water partition coefficient (Wildman–Crippen LogP) is 1.74. The molecule has 1 aromatic heterocycles. The smallest absolute Gasteiger partial charge is 0.263 e. The molecular weight excluding hydrogens is 284 g/mol. The van der Waals surface area contributed by atoms with Crippen LogP contribution in [0.3, 0.4) is 0 Å². The van der Waals surface area contributed by atoms with Crippen molar-refractivity contribution in [2.45, 2.75) is 18.7 Å². The molecule has 9 heteroatoms. The third-order valence-electron chi connectivity index (χ3n) is 2.81. The van der Waals surface area contributed by atoms with Gasteiger partial charge in [0.15, 0.2) is 0 Å². The van der Waals surface area contributed by atoms with E-state index in [1.54, 1.807) is 6.92 Å². The van der Waals surface area contributed by atoms with Crippen molar-refractivity contribution in [1.82, 2.24) is 10.2 Å². The standard InChI is InChI=1S/C11H12N4O4S/c1-7-6-12-13-11(7)14-20(18,19)10-5-3-4-9(8(10)2)15(16)17/h3-6H,1-2H3,(H2,12,13,14). The molecule has 0 aliphatic rings. The number of aryl methyl sites for hydroxylation is 1. The number of nitro groups is 1. The van der Waals surface area contributed by atoms with E-state index in [-0.39, 0.29) is 22.0 Å². The van der Waals surface area contributed by atoms with Gasteiger partial charge in [-0.25, -0.2) is 8.42 Å². The number of anilines is 1. The minimum absolute atomic E-state index is 0.0853. The van der Waals surface area contributed by atoms with Gasteiger partial charge in [-0.2, -0.15) is 5.10 Å². The highest BCUT2D eigenvalue weighted by Gasteiger charge is 2.23. The molecule has 106 valence electrons. The number of hydrogen-bond donors (Lipinski definition) is 2. The van der Waals surface area contributed by atoms with E-state index in [9.17, 15) is 18.5 Å². The van der Waals surface area contributed by atoms with Crippen molar-refractivity contribution in [3.05, 3.63) is 45.6 Å². The van der Waals surface area contributed by atoms with E-state index in [0.717, 1.165) is 0 Å². The molecule has 0 aliphatic carbocycles. The number of aromatic nitrogens is 2. The summed E-state index contributed by atoms with van der Waals surface area (Å²) in [5.41, 5.74) is 0.466. The molecule has 0 saturated heterocycles. The van der Waals surface area contributed by atoms with Gasteiger partial charge in [-0.3, -0.25) is 19.9 Å². The van der Waals surface area contributed by atoms with Gasteiger partial charge in [0, 0.05) is 17.2 Å². The largest absolute Gasteiger partial charge is 0.273 e. The molecule has 8 nitrogen and oxygen atoms in total. The summed E-state index contributed by atoms with van der Waals surface area (Å²) >= 11 is 0. The maximum atomic E-state index is 12.3. The first-order valence-corrected chi connectivity index (χ1v) is 7.08. The summed E-state index contributed by atoms with van der Waals surface area (Å²) in [5, 5.41) is 17.1. The minimum atomic E-state index is -3.92. The van der Waals surface area contributed by atoms with E-state index in [2.05, 4.69) is 14.9 Å². The lowest BCUT2D eigenvalue weighted by Gasteiger charge is -2.09. The van der Waals surface area contributed by atoms with Gasteiger partial charge >= 0.3 is 0 Å². The maximum Gasteiger partial charge on any atom is 0.273 e. The normalized spacial score (nSPS) is 11.3. The molecule has 0 unspecified atom stereocenters. The Morgan fingerprint density at radius 2 is 2.05 bits per heavy atom. The van der Waals surface area contributed by atoms with Crippen molar-refractivity contribution in [1.29, 1.82) is 0 Å². The molecule has 20 heavy (non-hydrogen) atoms. The second-order valence-corrected chi connectivity index (χ2v) is 5.84. The number of hydrogen-bond acceptors (Lipinski definition) is 5. The molecule has 0 atom stereocenters. The van der Waals surface area contributed by atoms with Crippen LogP contribution in [0.25, 0.3) is 0 Å². The Kier molecular flexibility index (Phi) is 3.45. The SMILES string of the molecule is Cc1cn[nH]c1NS(=O)(=O)c1cccc([N+](=O)[O-])c1C. The van der Waals surface area contributed by atoms with E-state index < -0.39 is 14.9 Å². The number of nitrogens with zero attached hydrogens (tertiary/aromatic N) is 2. The minimum Gasteiger partial charge on any atom is -0.263 e. The van der Waals surface area contributed by atoms with Crippen molar-refractivity contribution in [3.63, 3.8) is 0 Å². The fraction of sp³-hybridized carbons (Fsp3) is 0.182. The Labute approximate surface area is 115 Å². The van der Waals surface area contributed by atoms with E-state index in [1.807, 2.05) is 0 Å². The lowest BCUT2D eigenvalue weighted by Crippen LogP contribution is -2.15. The third-order valence-corrected chi connectivity index (χ3v) is 4.30. The second kappa shape index (κ2) is 4.93. The van der Waals surface area contributed by atoms with Gasteiger partial charge in [0.1, 0.15) is 5.82 Å². The molecular formula is C11H12N4O4S. The summed E-state index contributed by atoms with van der Waals surface area (Å²) in [4.78, 5) is 10.1. The number of H-pyrrole nitrogens is 1. The number of benzene rings is 1. The molecule has 0 aliphatic heterocycles. The highest BCUT2D eigenvalue weighted by atomic mass is 32.2. The maximum absolute atomic E-state index is 12.3. The summed E-state index contributed by atoms with van der Waals surface area (Å²) in [7, 11) is -3.92. The fourth-order valence-corrected chi connectivity index (χ4v) is 3.08. The van der Waals surface area contributed by atoms with Crippen molar-refractivity contribution in [2.75, 3.05) is 4.72 Å². The number of aromatic amines is 1. The lowest BCUT2D eigenvalue weighted by molar-refractivity contribution is -0.385. The summed E-state index contributed by atoms with van der Waals surface area (Å²) in [6, 6.07) is 3.91. The number of sulfonamides is 1. The first kappa shape index (κ1) is 14.0. The molecule has 0 bridgehead atoms. The van der Waals surface area contributed by atoms with Crippen molar-refractivity contribution < 1.29 is 13.3 Å². The van der Waals surface area contributed by atoms with Crippen LogP contribution in [0.1, 0.15) is 11.1 Å². The van der Waals surface area contributed by atoms with Crippen LogP contribution in [-0.2, 0) is 10.0 Å². The van der Waals surface area contributed by atoms with Gasteiger partial charge in [0.05, 0.1) is 16.0 Å². The van der Waals surface area contributed by atoms with Crippen LogP contribution in [0.5, 0.6) is 0 Å². The Bertz CT molecular complexity index is 766. The molecule has 2 rings (SSSR count). The van der Waals surface area contributed by atoms with Crippen LogP contribution < -0.4 is 4.72 Å². The van der Waals surface area contributed by atoms with Crippen LogP contribution in [-0.4, -0.2) is 23.5 Å².